The van der Waals surface area contributed by atoms with E-state index in [1.54, 1.807) is 6.07 Å². The van der Waals surface area contributed by atoms with E-state index in [-0.39, 0.29) is 5.60 Å². The molecule has 0 spiro atoms. The van der Waals surface area contributed by atoms with Crippen molar-refractivity contribution >= 4 is 0 Å². The van der Waals surface area contributed by atoms with Crippen LogP contribution in [0, 0.1) is 6.92 Å². The Morgan fingerprint density at radius 3 is 2.50 bits per heavy atom. The molecule has 0 bridgehead atoms. The molecule has 0 atom stereocenters. The first-order valence-corrected chi connectivity index (χ1v) is 4.64. The number of aromatic nitrogens is 2. The average Bonchev–Trinajstić information content (AvgIpc) is 1.99. The highest BCUT2D eigenvalue weighted by Gasteiger charge is 2.13. The molecule has 78 valence electrons. The maximum Gasteiger partial charge on any atom is 0.217 e. The Labute approximate surface area is 84.5 Å². The zero-order valence-corrected chi connectivity index (χ0v) is 9.16. The molecular weight excluding hydrogens is 178 g/mol. The van der Waals surface area contributed by atoms with Gasteiger partial charge in [0.15, 0.2) is 0 Å². The first-order chi connectivity index (χ1) is 6.40. The fourth-order valence-corrected chi connectivity index (χ4v) is 1.07. The average molecular weight is 195 g/mol. The Morgan fingerprint density at radius 1 is 1.36 bits per heavy atom. The lowest BCUT2D eigenvalue weighted by Crippen LogP contribution is -2.24. The highest BCUT2D eigenvalue weighted by molar-refractivity contribution is 5.16. The van der Waals surface area contributed by atoms with Crippen molar-refractivity contribution in [3.63, 3.8) is 0 Å². The SMILES string of the molecule is Cc1nc(CN)cc(OC(C)(C)C)n1. The Kier molecular flexibility index (Phi) is 3.06. The van der Waals surface area contributed by atoms with Crippen LogP contribution in [0.1, 0.15) is 32.3 Å². The molecule has 4 heteroatoms. The molecule has 0 fully saturated rings. The molecule has 0 aliphatic carbocycles. The minimum Gasteiger partial charge on any atom is -0.472 e. The molecule has 0 radical (unpaired) electrons. The summed E-state index contributed by atoms with van der Waals surface area (Å²) in [6.07, 6.45) is 0. The Balaban J connectivity index is 2.92. The van der Waals surface area contributed by atoms with Crippen molar-refractivity contribution in [2.24, 2.45) is 5.73 Å². The van der Waals surface area contributed by atoms with Gasteiger partial charge >= 0.3 is 0 Å². The second-order valence-corrected chi connectivity index (χ2v) is 4.16. The number of hydrogen-bond acceptors (Lipinski definition) is 4. The van der Waals surface area contributed by atoms with E-state index >= 15 is 0 Å². The van der Waals surface area contributed by atoms with Crippen molar-refractivity contribution in [2.75, 3.05) is 0 Å². The molecule has 1 rings (SSSR count). The van der Waals surface area contributed by atoms with Crippen LogP contribution in [0.3, 0.4) is 0 Å². The smallest absolute Gasteiger partial charge is 0.217 e. The number of nitrogens with two attached hydrogens (primary N) is 1. The summed E-state index contributed by atoms with van der Waals surface area (Å²) < 4.78 is 5.62. The molecule has 0 saturated heterocycles. The minimum atomic E-state index is -0.243. The van der Waals surface area contributed by atoms with Crippen LogP contribution in [0.4, 0.5) is 0 Å². The molecule has 0 aromatic carbocycles. The van der Waals surface area contributed by atoms with Gasteiger partial charge in [0.2, 0.25) is 5.88 Å². The van der Waals surface area contributed by atoms with Crippen molar-refractivity contribution in [1.82, 2.24) is 9.97 Å². The minimum absolute atomic E-state index is 0.243. The van der Waals surface area contributed by atoms with Gasteiger partial charge in [-0.3, -0.25) is 0 Å². The number of aryl methyl sites for hydroxylation is 1. The van der Waals surface area contributed by atoms with Gasteiger partial charge in [-0.1, -0.05) is 0 Å². The van der Waals surface area contributed by atoms with Crippen molar-refractivity contribution < 1.29 is 4.74 Å². The summed E-state index contributed by atoms with van der Waals surface area (Å²) in [6.45, 7) is 8.17. The lowest BCUT2D eigenvalue weighted by atomic mass is 10.2. The van der Waals surface area contributed by atoms with Crippen molar-refractivity contribution in [2.45, 2.75) is 39.8 Å². The van der Waals surface area contributed by atoms with Crippen LogP contribution < -0.4 is 10.5 Å². The molecule has 1 heterocycles. The molecule has 1 aromatic heterocycles. The summed E-state index contributed by atoms with van der Waals surface area (Å²) in [7, 11) is 0. The molecule has 0 amide bonds. The van der Waals surface area contributed by atoms with Crippen molar-refractivity contribution in [3.8, 4) is 5.88 Å². The van der Waals surface area contributed by atoms with Gasteiger partial charge in [-0.15, -0.1) is 0 Å². The van der Waals surface area contributed by atoms with Crippen LogP contribution in [-0.4, -0.2) is 15.6 Å². The zero-order chi connectivity index (χ0) is 10.8. The number of nitrogens with zero attached hydrogens (tertiary/aromatic N) is 2. The molecule has 4 nitrogen and oxygen atoms in total. The number of rotatable bonds is 2. The molecule has 14 heavy (non-hydrogen) atoms. The summed E-state index contributed by atoms with van der Waals surface area (Å²) in [5.41, 5.74) is 6.06. The molecule has 1 aromatic rings. The Morgan fingerprint density at radius 2 is 2.00 bits per heavy atom. The summed E-state index contributed by atoms with van der Waals surface area (Å²) in [5.74, 6) is 1.28. The monoisotopic (exact) mass is 195 g/mol. The van der Waals surface area contributed by atoms with Gasteiger partial charge in [0.25, 0.3) is 0 Å². The normalized spacial score (nSPS) is 11.5. The fraction of sp³-hybridized carbons (Fsp3) is 0.600. The van der Waals surface area contributed by atoms with Gasteiger partial charge < -0.3 is 10.5 Å². The molecular formula is C10H17N3O. The maximum absolute atomic E-state index is 5.62. The third-order valence-corrected chi connectivity index (χ3v) is 1.49. The van der Waals surface area contributed by atoms with Crippen LogP contribution in [0.5, 0.6) is 5.88 Å². The van der Waals surface area contributed by atoms with Gasteiger partial charge in [-0.25, -0.2) is 4.98 Å². The van der Waals surface area contributed by atoms with Crippen LogP contribution >= 0.6 is 0 Å². The first-order valence-electron chi connectivity index (χ1n) is 4.64. The van der Waals surface area contributed by atoms with Crippen LogP contribution in [0.15, 0.2) is 6.07 Å². The van der Waals surface area contributed by atoms with Gasteiger partial charge in [-0.05, 0) is 27.7 Å². The van der Waals surface area contributed by atoms with E-state index in [4.69, 9.17) is 10.5 Å². The first kappa shape index (κ1) is 10.9. The zero-order valence-electron chi connectivity index (χ0n) is 9.16. The number of ether oxygens (including phenoxy) is 1. The van der Waals surface area contributed by atoms with Crippen LogP contribution in [0.2, 0.25) is 0 Å². The van der Waals surface area contributed by atoms with Gasteiger partial charge in [0, 0.05) is 12.6 Å². The summed E-state index contributed by atoms with van der Waals surface area (Å²) in [6, 6.07) is 1.78. The standard InChI is InChI=1S/C10H17N3O/c1-7-12-8(6-11)5-9(13-7)14-10(2,3)4/h5H,6,11H2,1-4H3. The van der Waals surface area contributed by atoms with Crippen molar-refractivity contribution in [3.05, 3.63) is 17.6 Å². The molecule has 2 N–H and O–H groups in total. The second kappa shape index (κ2) is 3.92. The highest BCUT2D eigenvalue weighted by atomic mass is 16.5. The lowest BCUT2D eigenvalue weighted by Gasteiger charge is -2.20. The third-order valence-electron chi connectivity index (χ3n) is 1.49. The van der Waals surface area contributed by atoms with Gasteiger partial charge in [0.05, 0.1) is 5.69 Å². The molecule has 0 unspecified atom stereocenters. The van der Waals surface area contributed by atoms with Gasteiger partial charge in [-0.2, -0.15) is 4.98 Å². The van der Waals surface area contributed by atoms with E-state index in [1.807, 2.05) is 27.7 Å². The third kappa shape index (κ3) is 3.30. The quantitative estimate of drug-likeness (QED) is 0.775. The predicted molar refractivity (Wildman–Crippen MR) is 55.0 cm³/mol. The van der Waals surface area contributed by atoms with E-state index in [9.17, 15) is 0 Å². The summed E-state index contributed by atoms with van der Waals surface area (Å²) in [4.78, 5) is 8.34. The number of hydrogen-bond donors (Lipinski definition) is 1. The van der Waals surface area contributed by atoms with Crippen LogP contribution in [-0.2, 0) is 6.54 Å². The topological polar surface area (TPSA) is 61.0 Å². The molecule has 0 saturated carbocycles. The second-order valence-electron chi connectivity index (χ2n) is 4.16. The Bertz CT molecular complexity index is 318. The summed E-state index contributed by atoms with van der Waals surface area (Å²) >= 11 is 0. The maximum atomic E-state index is 5.62. The van der Waals surface area contributed by atoms with Gasteiger partial charge in [0.1, 0.15) is 11.4 Å². The molecule has 0 aliphatic rings. The van der Waals surface area contributed by atoms with E-state index in [1.165, 1.54) is 0 Å². The predicted octanol–water partition coefficient (Wildman–Crippen LogP) is 1.42. The fourth-order valence-electron chi connectivity index (χ4n) is 1.07. The Hall–Kier alpha value is -1.16. The van der Waals surface area contributed by atoms with E-state index in [0.29, 0.717) is 18.2 Å². The van der Waals surface area contributed by atoms with E-state index < -0.39 is 0 Å². The van der Waals surface area contributed by atoms with E-state index in [2.05, 4.69) is 9.97 Å². The van der Waals surface area contributed by atoms with Crippen LogP contribution in [0.25, 0.3) is 0 Å². The lowest BCUT2D eigenvalue weighted by molar-refractivity contribution is 0.123. The van der Waals surface area contributed by atoms with E-state index in [0.717, 1.165) is 5.69 Å². The van der Waals surface area contributed by atoms with Crippen molar-refractivity contribution in [1.29, 1.82) is 0 Å². The highest BCUT2D eigenvalue weighted by Crippen LogP contribution is 2.16. The molecule has 0 aliphatic heterocycles. The summed E-state index contributed by atoms with van der Waals surface area (Å²) in [5, 5.41) is 0. The largest absolute Gasteiger partial charge is 0.472 e.